The fraction of sp³-hybridized carbons (Fsp3) is 0.625. The molecule has 140 valence electrons. The quantitative estimate of drug-likeness (QED) is 0.758. The van der Waals surface area contributed by atoms with Gasteiger partial charge in [0.05, 0.1) is 11.9 Å². The van der Waals surface area contributed by atoms with Gasteiger partial charge in [-0.25, -0.2) is 18.1 Å². The van der Waals surface area contributed by atoms with E-state index >= 15 is 0 Å². The van der Waals surface area contributed by atoms with Gasteiger partial charge < -0.3 is 15.1 Å². The first kappa shape index (κ1) is 19.5. The van der Waals surface area contributed by atoms with E-state index in [-0.39, 0.29) is 11.9 Å². The van der Waals surface area contributed by atoms with Crippen molar-refractivity contribution in [3.8, 4) is 0 Å². The average Bonchev–Trinajstić information content (AvgIpc) is 2.81. The first-order valence-electron chi connectivity index (χ1n) is 8.39. The topological polar surface area (TPSA) is 94.6 Å². The molecule has 2 N–H and O–H groups in total. The number of hydrogen-bond acceptors (Lipinski definition) is 6. The summed E-state index contributed by atoms with van der Waals surface area (Å²) in [6, 6.07) is 4.19. The third kappa shape index (κ3) is 5.86. The standard InChI is InChI=1S/C16H27N5O3S/c1-17-25(23,24)12-16(22)21-9-4-5-13(8-10-21)19-14-6-7-15(18-11-14)20(2)3/h6-7,11,13,17,19H,4-5,8-10,12H2,1-3H3. The molecule has 0 radical (unpaired) electrons. The largest absolute Gasteiger partial charge is 0.381 e. The molecule has 1 saturated heterocycles. The summed E-state index contributed by atoms with van der Waals surface area (Å²) < 4.78 is 25.3. The molecule has 1 atom stereocenters. The number of nitrogens with zero attached hydrogens (tertiary/aromatic N) is 3. The molecule has 0 aromatic carbocycles. The number of carbonyl (C=O) groups excluding carboxylic acids is 1. The Morgan fingerprint density at radius 2 is 2.08 bits per heavy atom. The van der Waals surface area contributed by atoms with Gasteiger partial charge in [-0.2, -0.15) is 0 Å². The Hall–Kier alpha value is -1.87. The smallest absolute Gasteiger partial charge is 0.239 e. The van der Waals surface area contributed by atoms with Crippen molar-refractivity contribution in [2.45, 2.75) is 25.3 Å². The molecule has 1 aromatic heterocycles. The van der Waals surface area contributed by atoms with Crippen LogP contribution in [0.4, 0.5) is 11.5 Å². The van der Waals surface area contributed by atoms with Crippen LogP contribution in [0.5, 0.6) is 0 Å². The van der Waals surface area contributed by atoms with Crippen molar-refractivity contribution in [1.29, 1.82) is 0 Å². The monoisotopic (exact) mass is 369 g/mol. The number of nitrogens with one attached hydrogen (secondary N) is 2. The van der Waals surface area contributed by atoms with E-state index in [1.807, 2.05) is 37.3 Å². The van der Waals surface area contributed by atoms with Crippen LogP contribution in [0.1, 0.15) is 19.3 Å². The Balaban J connectivity index is 1.89. The maximum atomic E-state index is 12.2. The van der Waals surface area contributed by atoms with E-state index in [0.717, 1.165) is 30.8 Å². The van der Waals surface area contributed by atoms with Crippen LogP contribution in [0.15, 0.2) is 18.3 Å². The predicted octanol–water partition coefficient (Wildman–Crippen LogP) is 0.490. The zero-order valence-electron chi connectivity index (χ0n) is 15.0. The first-order valence-corrected chi connectivity index (χ1v) is 10.0. The van der Waals surface area contributed by atoms with E-state index < -0.39 is 15.8 Å². The van der Waals surface area contributed by atoms with Crippen molar-refractivity contribution < 1.29 is 13.2 Å². The number of likely N-dealkylation sites (tertiary alicyclic amines) is 1. The minimum absolute atomic E-state index is 0.241. The lowest BCUT2D eigenvalue weighted by atomic mass is 10.1. The SMILES string of the molecule is CNS(=O)(=O)CC(=O)N1CCCC(Nc2ccc(N(C)C)nc2)CC1. The Bertz CT molecular complexity index is 676. The number of hydrogen-bond donors (Lipinski definition) is 2. The van der Waals surface area contributed by atoms with E-state index in [2.05, 4.69) is 15.0 Å². The third-order valence-corrected chi connectivity index (χ3v) is 5.53. The molecular formula is C16H27N5O3S. The summed E-state index contributed by atoms with van der Waals surface area (Å²) in [5, 5.41) is 3.46. The molecule has 1 aliphatic heterocycles. The summed E-state index contributed by atoms with van der Waals surface area (Å²) in [4.78, 5) is 20.1. The van der Waals surface area contributed by atoms with Gasteiger partial charge in [0.25, 0.3) is 0 Å². The van der Waals surface area contributed by atoms with Crippen LogP contribution in [0.3, 0.4) is 0 Å². The Morgan fingerprint density at radius 1 is 1.32 bits per heavy atom. The first-order chi connectivity index (χ1) is 11.8. The second kappa shape index (κ2) is 8.48. The van der Waals surface area contributed by atoms with Gasteiger partial charge in [-0.15, -0.1) is 0 Å². The Kier molecular flexibility index (Phi) is 6.60. The molecule has 1 aliphatic rings. The van der Waals surface area contributed by atoms with Gasteiger partial charge in [0, 0.05) is 33.2 Å². The maximum Gasteiger partial charge on any atom is 0.239 e. The molecule has 25 heavy (non-hydrogen) atoms. The van der Waals surface area contributed by atoms with Crippen LogP contribution in [0.2, 0.25) is 0 Å². The van der Waals surface area contributed by atoms with Crippen molar-refractivity contribution >= 4 is 27.4 Å². The number of carbonyl (C=O) groups is 1. The second-order valence-electron chi connectivity index (χ2n) is 6.42. The molecule has 1 unspecified atom stereocenters. The minimum atomic E-state index is -3.52. The van der Waals surface area contributed by atoms with Gasteiger partial charge >= 0.3 is 0 Å². The Labute approximate surface area is 149 Å². The van der Waals surface area contributed by atoms with Crippen molar-refractivity contribution in [3.05, 3.63) is 18.3 Å². The van der Waals surface area contributed by atoms with E-state index in [0.29, 0.717) is 13.1 Å². The van der Waals surface area contributed by atoms with E-state index in [1.165, 1.54) is 7.05 Å². The summed E-state index contributed by atoms with van der Waals surface area (Å²) in [6.07, 6.45) is 4.35. The number of amides is 1. The number of pyridine rings is 1. The summed E-state index contributed by atoms with van der Waals surface area (Å²) in [5.74, 6) is 0.0678. The molecule has 0 saturated carbocycles. The normalized spacial score (nSPS) is 18.5. The third-order valence-electron chi connectivity index (χ3n) is 4.28. The molecule has 1 amide bonds. The Morgan fingerprint density at radius 3 is 2.68 bits per heavy atom. The lowest BCUT2D eigenvalue weighted by Crippen LogP contribution is -2.39. The van der Waals surface area contributed by atoms with Crippen molar-refractivity contribution in [2.24, 2.45) is 0 Å². The van der Waals surface area contributed by atoms with E-state index in [4.69, 9.17) is 0 Å². The average molecular weight is 369 g/mol. The van der Waals surface area contributed by atoms with Crippen LogP contribution >= 0.6 is 0 Å². The molecular weight excluding hydrogens is 342 g/mol. The molecule has 9 heteroatoms. The highest BCUT2D eigenvalue weighted by molar-refractivity contribution is 7.90. The van der Waals surface area contributed by atoms with E-state index in [9.17, 15) is 13.2 Å². The van der Waals surface area contributed by atoms with Gasteiger partial charge in [-0.3, -0.25) is 4.79 Å². The second-order valence-corrected chi connectivity index (χ2v) is 8.34. The molecule has 0 bridgehead atoms. The highest BCUT2D eigenvalue weighted by atomic mass is 32.2. The molecule has 2 heterocycles. The minimum Gasteiger partial charge on any atom is -0.381 e. The van der Waals surface area contributed by atoms with E-state index in [1.54, 1.807) is 4.90 Å². The van der Waals surface area contributed by atoms with Gasteiger partial charge in [0.2, 0.25) is 15.9 Å². The van der Waals surface area contributed by atoms with Crippen LogP contribution < -0.4 is 14.9 Å². The zero-order chi connectivity index (χ0) is 18.4. The van der Waals surface area contributed by atoms with Crippen LogP contribution in [-0.4, -0.2) is 70.2 Å². The van der Waals surface area contributed by atoms with Gasteiger partial charge in [-0.05, 0) is 38.4 Å². The zero-order valence-corrected chi connectivity index (χ0v) is 15.8. The van der Waals surface area contributed by atoms with Gasteiger partial charge in [-0.1, -0.05) is 0 Å². The number of sulfonamides is 1. The summed E-state index contributed by atoms with van der Waals surface area (Å²) in [7, 11) is 1.69. The van der Waals surface area contributed by atoms with Crippen LogP contribution in [0, 0.1) is 0 Å². The summed E-state index contributed by atoms with van der Waals surface area (Å²) in [6.45, 7) is 1.15. The van der Waals surface area contributed by atoms with Crippen LogP contribution in [-0.2, 0) is 14.8 Å². The fourth-order valence-electron chi connectivity index (χ4n) is 2.79. The number of rotatable bonds is 6. The summed E-state index contributed by atoms with van der Waals surface area (Å²) >= 11 is 0. The van der Waals surface area contributed by atoms with Crippen molar-refractivity contribution in [1.82, 2.24) is 14.6 Å². The van der Waals surface area contributed by atoms with Crippen molar-refractivity contribution in [3.63, 3.8) is 0 Å². The highest BCUT2D eigenvalue weighted by Crippen LogP contribution is 2.18. The molecule has 2 rings (SSSR count). The lowest BCUT2D eigenvalue weighted by molar-refractivity contribution is -0.128. The molecule has 0 spiro atoms. The molecule has 8 nitrogen and oxygen atoms in total. The number of aromatic nitrogens is 1. The molecule has 1 aromatic rings. The van der Waals surface area contributed by atoms with Gasteiger partial charge in [0.1, 0.15) is 11.6 Å². The van der Waals surface area contributed by atoms with Crippen LogP contribution in [0.25, 0.3) is 0 Å². The lowest BCUT2D eigenvalue weighted by Gasteiger charge is -2.21. The molecule has 0 aliphatic carbocycles. The predicted molar refractivity (Wildman–Crippen MR) is 99.3 cm³/mol. The maximum absolute atomic E-state index is 12.2. The fourth-order valence-corrected chi connectivity index (χ4v) is 3.44. The summed E-state index contributed by atoms with van der Waals surface area (Å²) in [5.41, 5.74) is 0.952. The van der Waals surface area contributed by atoms with Gasteiger partial charge in [0.15, 0.2) is 0 Å². The highest BCUT2D eigenvalue weighted by Gasteiger charge is 2.24. The molecule has 1 fully saturated rings. The van der Waals surface area contributed by atoms with Crippen molar-refractivity contribution in [2.75, 3.05) is 50.2 Å². The number of anilines is 2.